The fraction of sp³-hybridized carbons (Fsp3) is 0.667. The van der Waals surface area contributed by atoms with Gasteiger partial charge in [-0.15, -0.1) is 0 Å². The third-order valence-corrected chi connectivity index (χ3v) is 4.77. The normalized spacial score (nSPS) is 22.0. The van der Waals surface area contributed by atoms with Crippen molar-refractivity contribution in [1.82, 2.24) is 14.8 Å². The summed E-state index contributed by atoms with van der Waals surface area (Å²) >= 11 is 0. The summed E-state index contributed by atoms with van der Waals surface area (Å²) < 4.78 is 1.58. The van der Waals surface area contributed by atoms with Crippen molar-refractivity contribution in [1.29, 1.82) is 0 Å². The van der Waals surface area contributed by atoms with Crippen LogP contribution in [0.25, 0.3) is 0 Å². The Bertz CT molecular complexity index is 582. The number of hydrogen-bond acceptors (Lipinski definition) is 3. The number of amides is 1. The molecule has 0 saturated carbocycles. The average Bonchev–Trinajstić information content (AvgIpc) is 2.53. The molecule has 1 aliphatic rings. The molecule has 0 aliphatic carbocycles. The lowest BCUT2D eigenvalue weighted by Crippen LogP contribution is -2.46. The molecule has 0 bridgehead atoms. The first-order valence-corrected chi connectivity index (χ1v) is 8.68. The highest BCUT2D eigenvalue weighted by Gasteiger charge is 2.29. The Morgan fingerprint density at radius 1 is 1.39 bits per heavy atom. The van der Waals surface area contributed by atoms with Crippen molar-refractivity contribution in [2.45, 2.75) is 52.1 Å². The van der Waals surface area contributed by atoms with Gasteiger partial charge in [0.1, 0.15) is 0 Å². The summed E-state index contributed by atoms with van der Waals surface area (Å²) in [6.45, 7) is 6.60. The fourth-order valence-electron chi connectivity index (χ4n) is 3.07. The summed E-state index contributed by atoms with van der Waals surface area (Å²) in [5.41, 5.74) is 1.04. The molecule has 1 fully saturated rings. The predicted molar refractivity (Wildman–Crippen MR) is 92.2 cm³/mol. The van der Waals surface area contributed by atoms with Crippen molar-refractivity contribution in [3.05, 3.63) is 34.2 Å². The second-order valence-electron chi connectivity index (χ2n) is 6.68. The number of aryl methyl sites for hydroxylation is 1. The summed E-state index contributed by atoms with van der Waals surface area (Å²) in [6, 6.07) is 4.12. The Morgan fingerprint density at radius 2 is 2.17 bits per heavy atom. The van der Waals surface area contributed by atoms with Gasteiger partial charge in [-0.05, 0) is 37.8 Å². The van der Waals surface area contributed by atoms with Crippen LogP contribution in [-0.4, -0.2) is 34.5 Å². The minimum Gasteiger partial charge on any atom is -0.356 e. The second-order valence-corrected chi connectivity index (χ2v) is 6.68. The van der Waals surface area contributed by atoms with E-state index in [4.69, 9.17) is 0 Å². The predicted octanol–water partition coefficient (Wildman–Crippen LogP) is 1.90. The van der Waals surface area contributed by atoms with Gasteiger partial charge in [-0.1, -0.05) is 13.3 Å². The van der Waals surface area contributed by atoms with Crippen molar-refractivity contribution >= 4 is 5.91 Å². The molecule has 23 heavy (non-hydrogen) atoms. The van der Waals surface area contributed by atoms with Crippen molar-refractivity contribution in [3.8, 4) is 0 Å². The number of unbranched alkanes of at least 4 members (excludes halogenated alkanes) is 1. The number of likely N-dealkylation sites (tertiary alicyclic amines) is 1. The van der Waals surface area contributed by atoms with Gasteiger partial charge in [-0.3, -0.25) is 14.5 Å². The first-order valence-electron chi connectivity index (χ1n) is 8.68. The molecule has 1 amide bonds. The zero-order valence-electron chi connectivity index (χ0n) is 14.5. The Hall–Kier alpha value is -1.62. The average molecular weight is 319 g/mol. The smallest absolute Gasteiger partial charge is 0.250 e. The second kappa shape index (κ2) is 8.29. The standard InChI is InChI=1S/C18H29N3O2/c1-4-5-9-19-18(23)16-7-6-14(2)21(13-16)12-15-8-10-20(3)17(22)11-15/h8,10-11,14,16H,4-7,9,12-13H2,1-3H3,(H,19,23)/t14-,16+/m1/s1. The Kier molecular flexibility index (Phi) is 6.39. The molecule has 1 saturated heterocycles. The third-order valence-electron chi connectivity index (χ3n) is 4.77. The molecule has 5 nitrogen and oxygen atoms in total. The zero-order chi connectivity index (χ0) is 16.8. The van der Waals surface area contributed by atoms with Crippen LogP contribution in [0.1, 0.15) is 45.1 Å². The number of hydrogen-bond donors (Lipinski definition) is 1. The minimum absolute atomic E-state index is 0.0148. The summed E-state index contributed by atoms with van der Waals surface area (Å²) in [4.78, 5) is 26.4. The van der Waals surface area contributed by atoms with E-state index < -0.39 is 0 Å². The molecular weight excluding hydrogens is 290 g/mol. The van der Waals surface area contributed by atoms with Crippen molar-refractivity contribution in [3.63, 3.8) is 0 Å². The van der Waals surface area contributed by atoms with Crippen LogP contribution in [0, 0.1) is 5.92 Å². The van der Waals surface area contributed by atoms with Crippen molar-refractivity contribution in [2.24, 2.45) is 13.0 Å². The monoisotopic (exact) mass is 319 g/mol. The van der Waals surface area contributed by atoms with Gasteiger partial charge in [0.15, 0.2) is 0 Å². The molecule has 0 radical (unpaired) electrons. The molecule has 1 N–H and O–H groups in total. The van der Waals surface area contributed by atoms with Gasteiger partial charge in [0, 0.05) is 45.0 Å². The number of rotatable bonds is 6. The highest BCUT2D eigenvalue weighted by atomic mass is 16.2. The lowest BCUT2D eigenvalue weighted by molar-refractivity contribution is -0.127. The first-order chi connectivity index (χ1) is 11.0. The molecule has 2 rings (SSSR count). The SMILES string of the molecule is CCCCNC(=O)[C@H]1CC[C@@H](C)N(Cc2ccn(C)c(=O)c2)C1. The summed E-state index contributed by atoms with van der Waals surface area (Å²) in [5, 5.41) is 3.05. The van der Waals surface area contributed by atoms with Crippen LogP contribution in [0.15, 0.2) is 23.1 Å². The Morgan fingerprint density at radius 3 is 2.87 bits per heavy atom. The van der Waals surface area contributed by atoms with Gasteiger partial charge in [0.05, 0.1) is 5.92 Å². The van der Waals surface area contributed by atoms with Crippen molar-refractivity contribution < 1.29 is 4.79 Å². The maximum Gasteiger partial charge on any atom is 0.250 e. The number of carbonyl (C=O) groups is 1. The molecular formula is C18H29N3O2. The number of carbonyl (C=O) groups excluding carboxylic acids is 1. The van der Waals surface area contributed by atoms with Crippen LogP contribution in [0.3, 0.4) is 0 Å². The molecule has 0 unspecified atom stereocenters. The Balaban J connectivity index is 1.96. The van der Waals surface area contributed by atoms with Crippen LogP contribution >= 0.6 is 0 Å². The van der Waals surface area contributed by atoms with Crippen LogP contribution < -0.4 is 10.9 Å². The quantitative estimate of drug-likeness (QED) is 0.815. The largest absolute Gasteiger partial charge is 0.356 e. The summed E-state index contributed by atoms with van der Waals surface area (Å²) in [5.74, 6) is 0.244. The van der Waals surface area contributed by atoms with E-state index in [2.05, 4.69) is 24.1 Å². The van der Waals surface area contributed by atoms with Gasteiger partial charge in [-0.2, -0.15) is 0 Å². The van der Waals surface area contributed by atoms with Crippen LogP contribution in [0.4, 0.5) is 0 Å². The summed E-state index contributed by atoms with van der Waals surface area (Å²) in [6.07, 6.45) is 5.91. The molecule has 0 spiro atoms. The van der Waals surface area contributed by atoms with Gasteiger partial charge in [0.25, 0.3) is 5.56 Å². The van der Waals surface area contributed by atoms with E-state index in [0.717, 1.165) is 50.9 Å². The lowest BCUT2D eigenvalue weighted by Gasteiger charge is -2.37. The topological polar surface area (TPSA) is 54.3 Å². The zero-order valence-corrected chi connectivity index (χ0v) is 14.5. The molecule has 2 atom stereocenters. The molecule has 128 valence electrons. The highest BCUT2D eigenvalue weighted by Crippen LogP contribution is 2.23. The lowest BCUT2D eigenvalue weighted by atomic mass is 9.92. The highest BCUT2D eigenvalue weighted by molar-refractivity contribution is 5.78. The van der Waals surface area contributed by atoms with Crippen molar-refractivity contribution in [2.75, 3.05) is 13.1 Å². The summed E-state index contributed by atoms with van der Waals surface area (Å²) in [7, 11) is 1.76. The van der Waals surface area contributed by atoms with Gasteiger partial charge in [0.2, 0.25) is 5.91 Å². The van der Waals surface area contributed by atoms with E-state index in [1.165, 1.54) is 0 Å². The van der Waals surface area contributed by atoms with Gasteiger partial charge >= 0.3 is 0 Å². The van der Waals surface area contributed by atoms with Crippen LogP contribution in [-0.2, 0) is 18.4 Å². The van der Waals surface area contributed by atoms with E-state index in [9.17, 15) is 9.59 Å². The van der Waals surface area contributed by atoms with Gasteiger partial charge in [-0.25, -0.2) is 0 Å². The molecule has 2 heterocycles. The van der Waals surface area contributed by atoms with E-state index in [0.29, 0.717) is 6.04 Å². The van der Waals surface area contributed by atoms with Crippen LogP contribution in [0.5, 0.6) is 0 Å². The first kappa shape index (κ1) is 17.7. The molecule has 1 aliphatic heterocycles. The van der Waals surface area contributed by atoms with E-state index in [-0.39, 0.29) is 17.4 Å². The van der Waals surface area contributed by atoms with Gasteiger partial charge < -0.3 is 9.88 Å². The van der Waals surface area contributed by atoms with E-state index in [1.807, 2.05) is 6.07 Å². The van der Waals surface area contributed by atoms with Crippen LogP contribution in [0.2, 0.25) is 0 Å². The minimum atomic E-state index is 0.0148. The fourth-order valence-corrected chi connectivity index (χ4v) is 3.07. The third kappa shape index (κ3) is 4.93. The van der Waals surface area contributed by atoms with E-state index >= 15 is 0 Å². The number of piperidine rings is 1. The van der Waals surface area contributed by atoms with E-state index in [1.54, 1.807) is 23.9 Å². The number of nitrogens with zero attached hydrogens (tertiary/aromatic N) is 2. The number of pyridine rings is 1. The maximum absolute atomic E-state index is 12.3. The molecule has 1 aromatic heterocycles. The number of nitrogens with one attached hydrogen (secondary N) is 1. The molecule has 0 aromatic carbocycles. The molecule has 5 heteroatoms. The maximum atomic E-state index is 12.3. The Labute approximate surface area is 138 Å². The molecule has 1 aromatic rings. The number of aromatic nitrogens is 1.